The summed E-state index contributed by atoms with van der Waals surface area (Å²) < 4.78 is 45.4. The lowest BCUT2D eigenvalue weighted by Gasteiger charge is -2.70. The van der Waals surface area contributed by atoms with E-state index in [4.69, 9.17) is 33.2 Å². The number of rotatable bonds is 6. The van der Waals surface area contributed by atoms with E-state index in [-0.39, 0.29) is 51.8 Å². The summed E-state index contributed by atoms with van der Waals surface area (Å²) in [5.74, 6) is 0.596. The number of fused-ring (bicyclic) bond motifs is 6. The van der Waals surface area contributed by atoms with Crippen LogP contribution in [-0.2, 0) is 33.2 Å². The van der Waals surface area contributed by atoms with Crippen molar-refractivity contribution in [2.75, 3.05) is 13.2 Å². The van der Waals surface area contributed by atoms with Gasteiger partial charge in [0.15, 0.2) is 18.4 Å². The quantitative estimate of drug-likeness (QED) is 0.192. The lowest BCUT2D eigenvalue weighted by molar-refractivity contribution is -0.376. The number of ether oxygens (including phenoxy) is 7. The molecule has 320 valence electrons. The smallest absolute Gasteiger partial charge is 0.187 e. The maximum atomic E-state index is 11.3. The minimum atomic E-state index is -1.63. The van der Waals surface area contributed by atoms with Crippen LogP contribution in [0.5, 0.6) is 0 Å². The van der Waals surface area contributed by atoms with Crippen LogP contribution in [0.25, 0.3) is 0 Å². The van der Waals surface area contributed by atoms with E-state index in [0.717, 1.165) is 38.5 Å². The molecule has 2 bridgehead atoms. The third kappa shape index (κ3) is 5.30. The average Bonchev–Trinajstić information content (AvgIpc) is 3.82. The molecule has 5 saturated heterocycles. The van der Waals surface area contributed by atoms with Gasteiger partial charge < -0.3 is 68.9 Å². The van der Waals surface area contributed by atoms with Crippen molar-refractivity contribution in [3.63, 3.8) is 0 Å². The van der Waals surface area contributed by atoms with Gasteiger partial charge in [-0.25, -0.2) is 0 Å². The van der Waals surface area contributed by atoms with Crippen LogP contribution in [0.2, 0.25) is 0 Å². The lowest BCUT2D eigenvalue weighted by atomic mass is 9.35. The highest BCUT2D eigenvalue weighted by atomic mass is 16.8. The summed E-state index contributed by atoms with van der Waals surface area (Å²) in [4.78, 5) is 0. The van der Waals surface area contributed by atoms with Crippen molar-refractivity contribution in [2.24, 2.45) is 45.3 Å². The van der Waals surface area contributed by atoms with Gasteiger partial charge in [0.1, 0.15) is 48.3 Å². The van der Waals surface area contributed by atoms with Crippen molar-refractivity contribution in [1.82, 2.24) is 0 Å². The fraction of sp³-hybridized carbons (Fsp3) is 1.00. The third-order valence-electron chi connectivity index (χ3n) is 18.0. The van der Waals surface area contributed by atoms with Crippen LogP contribution in [-0.4, -0.2) is 146 Å². The summed E-state index contributed by atoms with van der Waals surface area (Å²) in [6.07, 6.45) is -6.98. The second-order valence-corrected chi connectivity index (χ2v) is 21.4. The van der Waals surface area contributed by atoms with E-state index >= 15 is 0 Å². The SMILES string of the molecule is CC1OC(OC2C(OC3CCC4(C)C(CCC5(C)C4CCC4C6C7(CC45CO7)OC4CC(C(C)(C)O)OC46C)C3(C)C)OC(CO)C(O)C2O)C(O)C(O)C1O. The summed E-state index contributed by atoms with van der Waals surface area (Å²) in [5, 5.41) is 74.7. The Bertz CT molecular complexity index is 1520. The summed E-state index contributed by atoms with van der Waals surface area (Å²) >= 11 is 0. The van der Waals surface area contributed by atoms with Crippen LogP contribution >= 0.6 is 0 Å². The largest absolute Gasteiger partial charge is 0.394 e. The molecule has 14 heteroatoms. The molecule has 9 aliphatic rings. The molecule has 5 heterocycles. The van der Waals surface area contributed by atoms with Crippen LogP contribution in [0.15, 0.2) is 0 Å². The van der Waals surface area contributed by atoms with Gasteiger partial charge in [-0.1, -0.05) is 27.7 Å². The monoisotopic (exact) mass is 796 g/mol. The van der Waals surface area contributed by atoms with Gasteiger partial charge in [-0.2, -0.15) is 0 Å². The molecule has 9 fully saturated rings. The summed E-state index contributed by atoms with van der Waals surface area (Å²) in [7, 11) is 0. The molecule has 5 aliphatic heterocycles. The Morgan fingerprint density at radius 3 is 2.20 bits per heavy atom. The molecule has 0 amide bonds. The maximum Gasteiger partial charge on any atom is 0.187 e. The normalized spacial score (nSPS) is 59.9. The standard InChI is InChI=1S/C42H68O14/c1-19-27(44)29(46)31(48)34(51-19)54-32-30(47)28(45)21(16-43)52-35(32)53-24-12-13-38(6)22(36(24,2)3)11-14-39(7)23(38)10-9-20-33-40(8)26(15-25(55-40)37(4,5)49)56-42(33)17-41(20,39)18-50-42/h19-35,43-49H,9-18H2,1-8H3. The number of aliphatic hydroxyl groups excluding tert-OH is 6. The van der Waals surface area contributed by atoms with Gasteiger partial charge in [-0.05, 0) is 100 Å². The zero-order chi connectivity index (χ0) is 40.3. The molecule has 2 spiro atoms. The Balaban J connectivity index is 0.957. The van der Waals surface area contributed by atoms with Crippen LogP contribution in [0.4, 0.5) is 0 Å². The van der Waals surface area contributed by atoms with Gasteiger partial charge in [0.25, 0.3) is 0 Å². The van der Waals surface area contributed by atoms with E-state index in [1.165, 1.54) is 6.92 Å². The topological polar surface area (TPSA) is 206 Å². The fourth-order valence-corrected chi connectivity index (χ4v) is 15.2. The van der Waals surface area contributed by atoms with E-state index in [0.29, 0.717) is 31.3 Å². The molecule has 9 rings (SSSR count). The van der Waals surface area contributed by atoms with Gasteiger partial charge in [-0.15, -0.1) is 0 Å². The molecule has 0 radical (unpaired) electrons. The predicted molar refractivity (Wildman–Crippen MR) is 196 cm³/mol. The Kier molecular flexibility index (Phi) is 9.46. The zero-order valence-electron chi connectivity index (χ0n) is 34.4. The third-order valence-corrected chi connectivity index (χ3v) is 18.0. The van der Waals surface area contributed by atoms with Crippen molar-refractivity contribution in [2.45, 2.75) is 203 Å². The Morgan fingerprint density at radius 1 is 0.768 bits per heavy atom. The van der Waals surface area contributed by atoms with Crippen molar-refractivity contribution in [3.8, 4) is 0 Å². The molecule has 0 aromatic rings. The minimum absolute atomic E-state index is 0.00742. The van der Waals surface area contributed by atoms with E-state index in [1.807, 2.05) is 13.8 Å². The Labute approximate surface area is 330 Å². The maximum absolute atomic E-state index is 11.3. The van der Waals surface area contributed by atoms with Gasteiger partial charge >= 0.3 is 0 Å². The fourth-order valence-electron chi connectivity index (χ4n) is 15.2. The zero-order valence-corrected chi connectivity index (χ0v) is 34.4. The first-order valence-corrected chi connectivity index (χ1v) is 21.4. The van der Waals surface area contributed by atoms with Crippen molar-refractivity contribution in [1.29, 1.82) is 0 Å². The second kappa shape index (κ2) is 13.0. The first-order chi connectivity index (χ1) is 26.1. The van der Waals surface area contributed by atoms with Gasteiger partial charge in [-0.3, -0.25) is 0 Å². The van der Waals surface area contributed by atoms with Crippen molar-refractivity contribution < 1.29 is 68.9 Å². The lowest BCUT2D eigenvalue weighted by Crippen LogP contribution is -2.67. The van der Waals surface area contributed by atoms with E-state index in [1.54, 1.807) is 0 Å². The van der Waals surface area contributed by atoms with E-state index in [2.05, 4.69) is 34.6 Å². The summed E-state index contributed by atoms with van der Waals surface area (Å²) in [6.45, 7) is 17.1. The summed E-state index contributed by atoms with van der Waals surface area (Å²) in [5.41, 5.74) is -1.86. The molecular weight excluding hydrogens is 728 g/mol. The van der Waals surface area contributed by atoms with Crippen molar-refractivity contribution in [3.05, 3.63) is 0 Å². The van der Waals surface area contributed by atoms with Crippen LogP contribution in [0, 0.1) is 45.3 Å². The first-order valence-electron chi connectivity index (χ1n) is 21.4. The molecule has 4 aliphatic carbocycles. The second-order valence-electron chi connectivity index (χ2n) is 21.4. The highest BCUT2D eigenvalue weighted by molar-refractivity contribution is 5.29. The van der Waals surface area contributed by atoms with Gasteiger partial charge in [0, 0.05) is 24.2 Å². The van der Waals surface area contributed by atoms with Crippen LogP contribution < -0.4 is 0 Å². The molecule has 4 saturated carbocycles. The number of aliphatic hydroxyl groups is 7. The van der Waals surface area contributed by atoms with Gasteiger partial charge in [0.05, 0.1) is 43.2 Å². The molecule has 14 nitrogen and oxygen atoms in total. The molecule has 0 aromatic carbocycles. The Hall–Kier alpha value is -0.560. The van der Waals surface area contributed by atoms with Crippen LogP contribution in [0.1, 0.15) is 107 Å². The summed E-state index contributed by atoms with van der Waals surface area (Å²) in [6, 6.07) is 0. The highest BCUT2D eigenvalue weighted by Gasteiger charge is 2.84. The molecular formula is C42H68O14. The van der Waals surface area contributed by atoms with Crippen LogP contribution in [0.3, 0.4) is 0 Å². The Morgan fingerprint density at radius 2 is 1.50 bits per heavy atom. The van der Waals surface area contributed by atoms with Gasteiger partial charge in [0.2, 0.25) is 0 Å². The molecule has 22 unspecified atom stereocenters. The van der Waals surface area contributed by atoms with E-state index < -0.39 is 85.0 Å². The van der Waals surface area contributed by atoms with E-state index in [9.17, 15) is 35.7 Å². The van der Waals surface area contributed by atoms with Crippen molar-refractivity contribution >= 4 is 0 Å². The highest BCUT2D eigenvalue weighted by Crippen LogP contribution is 2.81. The molecule has 56 heavy (non-hydrogen) atoms. The molecule has 7 N–H and O–H groups in total. The molecule has 0 aromatic heterocycles. The number of hydrogen-bond donors (Lipinski definition) is 7. The first kappa shape index (κ1) is 40.8. The minimum Gasteiger partial charge on any atom is -0.394 e. The number of hydrogen-bond acceptors (Lipinski definition) is 14. The average molecular weight is 797 g/mol. The molecule has 22 atom stereocenters. The predicted octanol–water partition coefficient (Wildman–Crippen LogP) is 1.74.